The first-order valence-electron chi connectivity index (χ1n) is 5.10. The van der Waals surface area contributed by atoms with E-state index < -0.39 is 21.2 Å². The first kappa shape index (κ1) is 12.9. The molecule has 88 valence electrons. The highest BCUT2D eigenvalue weighted by molar-refractivity contribution is 7.89. The van der Waals surface area contributed by atoms with Gasteiger partial charge in [0.1, 0.15) is 0 Å². The molecule has 0 saturated carbocycles. The third-order valence-corrected chi connectivity index (χ3v) is 5.00. The van der Waals surface area contributed by atoms with E-state index in [1.807, 2.05) is 0 Å². The third kappa shape index (κ3) is 3.74. The maximum absolute atomic E-state index is 11.8. The summed E-state index contributed by atoms with van der Waals surface area (Å²) in [4.78, 5) is 10.8. The molecule has 0 aromatic carbocycles. The largest absolute Gasteiger partial charge is 0.281 e. The molecule has 1 rings (SSSR count). The second kappa shape index (κ2) is 5.27. The molecule has 0 N–H and O–H groups in total. The van der Waals surface area contributed by atoms with Crippen LogP contribution in [0.1, 0.15) is 26.2 Å². The smallest absolute Gasteiger partial charge is 0.225 e. The summed E-state index contributed by atoms with van der Waals surface area (Å²) in [6.45, 7) is 2.69. The van der Waals surface area contributed by atoms with Gasteiger partial charge >= 0.3 is 0 Å². The van der Waals surface area contributed by atoms with Gasteiger partial charge < -0.3 is 0 Å². The number of halogens is 1. The van der Waals surface area contributed by atoms with E-state index in [2.05, 4.69) is 0 Å². The molecule has 1 fully saturated rings. The second-order valence-electron chi connectivity index (χ2n) is 3.94. The molecule has 1 heterocycles. The molecule has 1 atom stereocenters. The standard InChI is InChI=1S/C9H16ClNO3S/c1-8(9(10)12)7-15(13,14)11-5-3-2-4-6-11/h8H,2-7H2,1H3. The predicted octanol–water partition coefficient (Wildman–Crippen LogP) is 1.20. The second-order valence-corrected chi connectivity index (χ2v) is 6.33. The Morgan fingerprint density at radius 2 is 1.87 bits per heavy atom. The molecule has 0 aromatic heterocycles. The number of carbonyl (C=O) groups is 1. The molecule has 0 spiro atoms. The zero-order valence-corrected chi connectivity index (χ0v) is 10.4. The Morgan fingerprint density at radius 3 is 2.33 bits per heavy atom. The van der Waals surface area contributed by atoms with Gasteiger partial charge in [0.25, 0.3) is 0 Å². The Kier molecular flexibility index (Phi) is 4.55. The van der Waals surface area contributed by atoms with Crippen LogP contribution < -0.4 is 0 Å². The van der Waals surface area contributed by atoms with E-state index in [1.54, 1.807) is 0 Å². The first-order valence-corrected chi connectivity index (χ1v) is 7.09. The summed E-state index contributed by atoms with van der Waals surface area (Å²) in [5.41, 5.74) is 0. The normalized spacial score (nSPS) is 21.2. The van der Waals surface area contributed by atoms with Crippen molar-refractivity contribution in [1.29, 1.82) is 0 Å². The van der Waals surface area contributed by atoms with Gasteiger partial charge in [-0.25, -0.2) is 12.7 Å². The van der Waals surface area contributed by atoms with E-state index in [0.29, 0.717) is 13.1 Å². The van der Waals surface area contributed by atoms with Crippen LogP contribution in [0.2, 0.25) is 0 Å². The third-order valence-electron chi connectivity index (χ3n) is 2.56. The number of hydrogen-bond donors (Lipinski definition) is 0. The lowest BCUT2D eigenvalue weighted by atomic mass is 10.2. The monoisotopic (exact) mass is 253 g/mol. The Bertz CT molecular complexity index is 322. The van der Waals surface area contributed by atoms with E-state index >= 15 is 0 Å². The molecular weight excluding hydrogens is 238 g/mol. The fourth-order valence-corrected chi connectivity index (χ4v) is 3.61. The van der Waals surface area contributed by atoms with Gasteiger partial charge in [0.2, 0.25) is 15.3 Å². The van der Waals surface area contributed by atoms with Crippen LogP contribution in [0.3, 0.4) is 0 Å². The van der Waals surface area contributed by atoms with Gasteiger partial charge in [0.05, 0.1) is 5.75 Å². The lowest BCUT2D eigenvalue weighted by molar-refractivity contribution is -0.114. The summed E-state index contributed by atoms with van der Waals surface area (Å²) >= 11 is 5.25. The van der Waals surface area contributed by atoms with Gasteiger partial charge in [-0.1, -0.05) is 13.3 Å². The highest BCUT2D eigenvalue weighted by Gasteiger charge is 2.27. The number of hydrogen-bond acceptors (Lipinski definition) is 3. The maximum atomic E-state index is 11.8. The summed E-state index contributed by atoms with van der Waals surface area (Å²) in [7, 11) is -3.30. The van der Waals surface area contributed by atoms with Gasteiger partial charge in [-0.15, -0.1) is 0 Å². The Balaban J connectivity index is 2.61. The fourth-order valence-electron chi connectivity index (χ4n) is 1.63. The van der Waals surface area contributed by atoms with Gasteiger partial charge in [-0.05, 0) is 24.4 Å². The predicted molar refractivity (Wildman–Crippen MR) is 59.2 cm³/mol. The van der Waals surface area contributed by atoms with Crippen LogP contribution in [0.15, 0.2) is 0 Å². The van der Waals surface area contributed by atoms with Gasteiger partial charge in [0.15, 0.2) is 0 Å². The van der Waals surface area contributed by atoms with Crippen molar-refractivity contribution in [3.8, 4) is 0 Å². The minimum absolute atomic E-state index is 0.171. The molecule has 6 heteroatoms. The highest BCUT2D eigenvalue weighted by Crippen LogP contribution is 2.16. The number of carbonyl (C=O) groups excluding carboxylic acids is 1. The number of rotatable bonds is 4. The van der Waals surface area contributed by atoms with Crippen molar-refractivity contribution in [3.63, 3.8) is 0 Å². The molecule has 0 radical (unpaired) electrons. The minimum atomic E-state index is -3.30. The van der Waals surface area contributed by atoms with Crippen molar-refractivity contribution in [2.45, 2.75) is 26.2 Å². The van der Waals surface area contributed by atoms with Crippen LogP contribution in [0.4, 0.5) is 0 Å². The summed E-state index contributed by atoms with van der Waals surface area (Å²) in [5.74, 6) is -0.798. The summed E-state index contributed by atoms with van der Waals surface area (Å²) < 4.78 is 25.1. The summed E-state index contributed by atoms with van der Waals surface area (Å²) in [5, 5.41) is -0.587. The summed E-state index contributed by atoms with van der Waals surface area (Å²) in [6.07, 6.45) is 2.89. The van der Waals surface area contributed by atoms with Gasteiger partial charge in [-0.3, -0.25) is 4.79 Å². The number of piperidine rings is 1. The zero-order valence-electron chi connectivity index (χ0n) is 8.78. The minimum Gasteiger partial charge on any atom is -0.281 e. The van der Waals surface area contributed by atoms with Crippen molar-refractivity contribution in [3.05, 3.63) is 0 Å². The molecule has 0 bridgehead atoms. The first-order chi connectivity index (χ1) is 6.93. The van der Waals surface area contributed by atoms with Crippen LogP contribution in [0, 0.1) is 5.92 Å². The van der Waals surface area contributed by atoms with Crippen molar-refractivity contribution >= 4 is 26.9 Å². The SMILES string of the molecule is CC(CS(=O)(=O)N1CCCCC1)C(=O)Cl. The molecule has 1 unspecified atom stereocenters. The molecule has 1 saturated heterocycles. The van der Waals surface area contributed by atoms with Crippen LogP contribution >= 0.6 is 11.6 Å². The average Bonchev–Trinajstić information content (AvgIpc) is 2.18. The van der Waals surface area contributed by atoms with Crippen molar-refractivity contribution in [2.24, 2.45) is 5.92 Å². The van der Waals surface area contributed by atoms with E-state index in [0.717, 1.165) is 19.3 Å². The average molecular weight is 254 g/mol. The number of nitrogens with zero attached hydrogens (tertiary/aromatic N) is 1. The quantitative estimate of drug-likeness (QED) is 0.708. The van der Waals surface area contributed by atoms with Gasteiger partial charge in [0, 0.05) is 19.0 Å². The maximum Gasteiger partial charge on any atom is 0.225 e. The molecular formula is C9H16ClNO3S. The van der Waals surface area contributed by atoms with E-state index in [1.165, 1.54) is 11.2 Å². The molecule has 0 aromatic rings. The zero-order chi connectivity index (χ0) is 11.5. The van der Waals surface area contributed by atoms with E-state index in [-0.39, 0.29) is 5.75 Å². The van der Waals surface area contributed by atoms with Crippen LogP contribution in [0.5, 0.6) is 0 Å². The van der Waals surface area contributed by atoms with Crippen LogP contribution in [0.25, 0.3) is 0 Å². The van der Waals surface area contributed by atoms with Crippen LogP contribution in [-0.4, -0.2) is 36.8 Å². The lowest BCUT2D eigenvalue weighted by Crippen LogP contribution is -2.39. The molecule has 0 aliphatic carbocycles. The van der Waals surface area contributed by atoms with Crippen molar-refractivity contribution in [1.82, 2.24) is 4.31 Å². The van der Waals surface area contributed by atoms with E-state index in [9.17, 15) is 13.2 Å². The van der Waals surface area contributed by atoms with E-state index in [4.69, 9.17) is 11.6 Å². The van der Waals surface area contributed by atoms with Crippen LogP contribution in [-0.2, 0) is 14.8 Å². The summed E-state index contributed by atoms with van der Waals surface area (Å²) in [6, 6.07) is 0. The number of sulfonamides is 1. The lowest BCUT2D eigenvalue weighted by Gasteiger charge is -2.26. The Morgan fingerprint density at radius 1 is 1.33 bits per heavy atom. The molecule has 1 aliphatic rings. The van der Waals surface area contributed by atoms with Gasteiger partial charge in [-0.2, -0.15) is 0 Å². The molecule has 1 aliphatic heterocycles. The topological polar surface area (TPSA) is 54.5 Å². The Labute approximate surface area is 95.6 Å². The van der Waals surface area contributed by atoms with Crippen molar-refractivity contribution in [2.75, 3.05) is 18.8 Å². The molecule has 4 nitrogen and oxygen atoms in total. The fraction of sp³-hybridized carbons (Fsp3) is 0.889. The van der Waals surface area contributed by atoms with Crippen molar-refractivity contribution < 1.29 is 13.2 Å². The molecule has 0 amide bonds. The Hall–Kier alpha value is -0.130. The molecule has 15 heavy (non-hydrogen) atoms. The highest BCUT2D eigenvalue weighted by atomic mass is 35.5.